The number of rotatable bonds is 4. The molecule has 0 radical (unpaired) electrons. The summed E-state index contributed by atoms with van der Waals surface area (Å²) < 4.78 is 22.4. The van der Waals surface area contributed by atoms with Gasteiger partial charge >= 0.3 is 0 Å². The average molecular weight is 510 g/mol. The first-order chi connectivity index (χ1) is 18.5. The van der Waals surface area contributed by atoms with Crippen molar-refractivity contribution >= 4 is 23.2 Å². The average Bonchev–Trinajstić information content (AvgIpc) is 3.25. The highest BCUT2D eigenvalue weighted by molar-refractivity contribution is 6.20. The van der Waals surface area contributed by atoms with Crippen LogP contribution in [0.25, 0.3) is 11.3 Å². The second-order valence-electron chi connectivity index (χ2n) is 9.14. The molecule has 2 aliphatic rings. The van der Waals surface area contributed by atoms with Crippen LogP contribution >= 0.6 is 0 Å². The molecule has 0 saturated carbocycles. The third-order valence-corrected chi connectivity index (χ3v) is 6.62. The van der Waals surface area contributed by atoms with Crippen molar-refractivity contribution in [3.8, 4) is 17.1 Å². The molecule has 2 N–H and O–H groups in total. The van der Waals surface area contributed by atoms with Crippen molar-refractivity contribution in [2.75, 3.05) is 11.9 Å². The van der Waals surface area contributed by atoms with Crippen molar-refractivity contribution in [3.05, 3.63) is 101 Å². The summed E-state index contributed by atoms with van der Waals surface area (Å²) in [5, 5.41) is 10.0. The topological polar surface area (TPSA) is 97.6 Å². The molecule has 190 valence electrons. The summed E-state index contributed by atoms with van der Waals surface area (Å²) in [4.78, 5) is 31.7. The predicted molar refractivity (Wildman–Crippen MR) is 141 cm³/mol. The largest absolute Gasteiger partial charge is 0.477 e. The normalized spacial score (nSPS) is 16.3. The molecule has 8 nitrogen and oxygen atoms in total. The van der Waals surface area contributed by atoms with Crippen molar-refractivity contribution in [1.29, 1.82) is 0 Å². The highest BCUT2D eigenvalue weighted by atomic mass is 19.1. The molecule has 0 fully saturated rings. The first-order valence-electron chi connectivity index (χ1n) is 12.3. The molecule has 3 heterocycles. The zero-order valence-corrected chi connectivity index (χ0v) is 20.6. The number of fused-ring (bicyclic) bond motifs is 2. The van der Waals surface area contributed by atoms with E-state index in [0.29, 0.717) is 41.6 Å². The van der Waals surface area contributed by atoms with Gasteiger partial charge in [0.25, 0.3) is 11.8 Å². The van der Waals surface area contributed by atoms with Crippen LogP contribution < -0.4 is 15.4 Å². The van der Waals surface area contributed by atoms with Gasteiger partial charge in [-0.15, -0.1) is 0 Å². The molecular formula is C29H24FN5O3. The lowest BCUT2D eigenvalue weighted by atomic mass is 10.0. The summed E-state index contributed by atoms with van der Waals surface area (Å²) in [6.07, 6.45) is -0.559. The Labute approximate surface area is 218 Å². The number of amides is 2. The zero-order chi connectivity index (χ0) is 26.2. The predicted octanol–water partition coefficient (Wildman–Crippen LogP) is 4.33. The Bertz CT molecular complexity index is 1600. The van der Waals surface area contributed by atoms with E-state index in [0.717, 1.165) is 17.5 Å². The molecule has 0 unspecified atom stereocenters. The van der Waals surface area contributed by atoms with E-state index in [9.17, 15) is 14.0 Å². The van der Waals surface area contributed by atoms with Gasteiger partial charge < -0.3 is 15.4 Å². The fourth-order valence-corrected chi connectivity index (χ4v) is 4.78. The first-order valence-corrected chi connectivity index (χ1v) is 12.3. The Morgan fingerprint density at radius 3 is 2.63 bits per heavy atom. The van der Waals surface area contributed by atoms with Crippen LogP contribution in [0.1, 0.15) is 33.5 Å². The smallest absolute Gasteiger partial charge is 0.269 e. The van der Waals surface area contributed by atoms with Gasteiger partial charge in [-0.1, -0.05) is 66.7 Å². The number of carbonyl (C=O) groups is 2. The molecule has 0 saturated heterocycles. The summed E-state index contributed by atoms with van der Waals surface area (Å²) >= 11 is 0. The summed E-state index contributed by atoms with van der Waals surface area (Å²) in [6, 6.07) is 21.3. The molecule has 38 heavy (non-hydrogen) atoms. The van der Waals surface area contributed by atoms with Crippen LogP contribution in [0.2, 0.25) is 0 Å². The number of carbonyl (C=O) groups excluding carboxylic acids is 2. The van der Waals surface area contributed by atoms with E-state index in [1.165, 1.54) is 6.07 Å². The molecule has 0 bridgehead atoms. The number of aliphatic imine (C=N–C) groups is 1. The summed E-state index contributed by atoms with van der Waals surface area (Å²) in [6.45, 7) is 3.00. The Morgan fingerprint density at radius 2 is 1.82 bits per heavy atom. The van der Waals surface area contributed by atoms with E-state index in [-0.39, 0.29) is 11.3 Å². The summed E-state index contributed by atoms with van der Waals surface area (Å²) in [5.41, 5.74) is 3.94. The number of hydrogen-bond donors (Lipinski definition) is 2. The maximum Gasteiger partial charge on any atom is 0.269 e. The van der Waals surface area contributed by atoms with Crippen molar-refractivity contribution in [3.63, 3.8) is 0 Å². The number of anilines is 1. The van der Waals surface area contributed by atoms with Gasteiger partial charge in [0, 0.05) is 29.7 Å². The van der Waals surface area contributed by atoms with Crippen LogP contribution in [0.5, 0.6) is 5.88 Å². The highest BCUT2D eigenvalue weighted by Gasteiger charge is 2.33. The molecule has 1 aromatic heterocycles. The van der Waals surface area contributed by atoms with Crippen molar-refractivity contribution in [1.82, 2.24) is 15.1 Å². The number of halogens is 1. The van der Waals surface area contributed by atoms with E-state index >= 15 is 0 Å². The van der Waals surface area contributed by atoms with Gasteiger partial charge in [-0.25, -0.2) is 14.1 Å². The molecule has 2 amide bonds. The lowest BCUT2D eigenvalue weighted by Gasteiger charge is -2.17. The SMILES string of the molecule is Cc1ccccc1-c1nn2c(c1C(=O)N[C@H]1N=C(c3ccccc3)c3cccc(F)c3NC1=O)OCCC2. The third-order valence-electron chi connectivity index (χ3n) is 6.62. The molecule has 3 aromatic carbocycles. The van der Waals surface area contributed by atoms with Gasteiger partial charge in [0.2, 0.25) is 12.0 Å². The van der Waals surface area contributed by atoms with E-state index in [4.69, 9.17) is 4.74 Å². The monoisotopic (exact) mass is 509 g/mol. The number of benzene rings is 3. The minimum Gasteiger partial charge on any atom is -0.477 e. The van der Waals surface area contributed by atoms with E-state index in [1.807, 2.05) is 61.5 Å². The van der Waals surface area contributed by atoms with Gasteiger partial charge in [-0.3, -0.25) is 9.59 Å². The second kappa shape index (κ2) is 9.59. The molecular weight excluding hydrogens is 485 g/mol. The van der Waals surface area contributed by atoms with Crippen LogP contribution in [-0.2, 0) is 11.3 Å². The lowest BCUT2D eigenvalue weighted by Crippen LogP contribution is -2.42. The first kappa shape index (κ1) is 23.6. The molecule has 2 aliphatic heterocycles. The van der Waals surface area contributed by atoms with Crippen molar-refractivity contribution in [2.45, 2.75) is 26.1 Å². The molecule has 0 aliphatic carbocycles. The van der Waals surface area contributed by atoms with Gasteiger partial charge in [0.15, 0.2) is 0 Å². The molecule has 6 rings (SSSR count). The van der Waals surface area contributed by atoms with Gasteiger partial charge in [-0.05, 0) is 18.6 Å². The fraction of sp³-hybridized carbons (Fsp3) is 0.172. The van der Waals surface area contributed by atoms with Crippen LogP contribution in [0, 0.1) is 12.7 Å². The number of aryl methyl sites for hydroxylation is 2. The molecule has 1 atom stereocenters. The molecule has 0 spiro atoms. The summed E-state index contributed by atoms with van der Waals surface area (Å²) in [7, 11) is 0. The molecule has 4 aromatic rings. The molecule has 9 heteroatoms. The van der Waals surface area contributed by atoms with Crippen LogP contribution in [0.3, 0.4) is 0 Å². The van der Waals surface area contributed by atoms with Gasteiger partial charge in [-0.2, -0.15) is 5.10 Å². The summed E-state index contributed by atoms with van der Waals surface area (Å²) in [5.74, 6) is -1.46. The van der Waals surface area contributed by atoms with Crippen LogP contribution in [-0.4, -0.2) is 40.1 Å². The van der Waals surface area contributed by atoms with E-state index < -0.39 is 23.8 Å². The Hall–Kier alpha value is -4.79. The van der Waals surface area contributed by atoms with Crippen molar-refractivity contribution in [2.24, 2.45) is 4.99 Å². The highest BCUT2D eigenvalue weighted by Crippen LogP contribution is 2.34. The van der Waals surface area contributed by atoms with E-state index in [2.05, 4.69) is 20.7 Å². The third kappa shape index (κ3) is 4.11. The van der Waals surface area contributed by atoms with Gasteiger partial charge in [0.05, 0.1) is 18.0 Å². The fourth-order valence-electron chi connectivity index (χ4n) is 4.78. The Balaban J connectivity index is 1.44. The number of hydrogen-bond acceptors (Lipinski definition) is 5. The number of benzodiazepines with no additional fused rings is 1. The van der Waals surface area contributed by atoms with Crippen LogP contribution in [0.4, 0.5) is 10.1 Å². The Kier molecular flexibility index (Phi) is 5.95. The quantitative estimate of drug-likeness (QED) is 0.428. The van der Waals surface area contributed by atoms with Crippen molar-refractivity contribution < 1.29 is 18.7 Å². The number of para-hydroxylation sites is 1. The maximum atomic E-state index is 14.8. The lowest BCUT2D eigenvalue weighted by molar-refractivity contribution is -0.117. The number of aromatic nitrogens is 2. The number of ether oxygens (including phenoxy) is 1. The maximum absolute atomic E-state index is 14.8. The zero-order valence-electron chi connectivity index (χ0n) is 20.6. The number of nitrogens with one attached hydrogen (secondary N) is 2. The minimum absolute atomic E-state index is 0.0173. The van der Waals surface area contributed by atoms with Crippen LogP contribution in [0.15, 0.2) is 77.8 Å². The number of nitrogens with zero attached hydrogens (tertiary/aromatic N) is 3. The second-order valence-corrected chi connectivity index (χ2v) is 9.14. The van der Waals surface area contributed by atoms with E-state index in [1.54, 1.807) is 16.8 Å². The van der Waals surface area contributed by atoms with Gasteiger partial charge in [0.1, 0.15) is 17.1 Å². The Morgan fingerprint density at radius 1 is 1.05 bits per heavy atom. The standard InChI is InChI=1S/C29H24FN5O3/c1-17-9-5-6-12-19(17)25-22(29-35(34-25)15-8-16-38-29)27(36)33-26-28(37)32-24-20(13-7-14-21(24)30)23(31-26)18-10-3-2-4-11-18/h2-7,9-14,26H,8,15-16H2,1H3,(H,32,37)(H,33,36)/t26-/m1/s1. The minimum atomic E-state index is -1.33.